The van der Waals surface area contributed by atoms with Gasteiger partial charge in [-0.1, -0.05) is 36.0 Å². The van der Waals surface area contributed by atoms with E-state index in [1.165, 1.54) is 24.8 Å². The van der Waals surface area contributed by atoms with Crippen LogP contribution < -0.4 is 0 Å². The smallest absolute Gasteiger partial charge is 0.240 e. The molecular formula is C12H11NO2S. The fourth-order valence-corrected chi connectivity index (χ4v) is 1.53. The maximum Gasteiger partial charge on any atom is 0.240 e. The number of carbonyl (C=O) groups is 1. The molecule has 0 radical (unpaired) electrons. The van der Waals surface area contributed by atoms with Crippen LogP contribution in [0.4, 0.5) is 5.69 Å². The summed E-state index contributed by atoms with van der Waals surface area (Å²) in [5.41, 5.74) is 1.53. The maximum atomic E-state index is 10.7. The first-order chi connectivity index (χ1) is 7.72. The summed E-state index contributed by atoms with van der Waals surface area (Å²) in [5.74, 6) is 0.649. The van der Waals surface area contributed by atoms with Crippen LogP contribution >= 0.6 is 11.8 Å². The molecule has 0 spiro atoms. The summed E-state index contributed by atoms with van der Waals surface area (Å²) in [4.78, 5) is 24.3. The SMILES string of the molecule is CC(=O)SCC=Cc1cccc(N=C=O)c1. The summed E-state index contributed by atoms with van der Waals surface area (Å²) in [5, 5.41) is 0.101. The topological polar surface area (TPSA) is 46.5 Å². The third-order valence-corrected chi connectivity index (χ3v) is 2.50. The summed E-state index contributed by atoms with van der Waals surface area (Å²) in [7, 11) is 0. The highest BCUT2D eigenvalue weighted by Gasteiger charge is 1.92. The number of hydrogen-bond acceptors (Lipinski definition) is 4. The van der Waals surface area contributed by atoms with E-state index < -0.39 is 0 Å². The van der Waals surface area contributed by atoms with E-state index in [9.17, 15) is 9.59 Å². The minimum Gasteiger partial charge on any atom is -0.288 e. The van der Waals surface area contributed by atoms with Crippen LogP contribution in [0.5, 0.6) is 0 Å². The monoisotopic (exact) mass is 233 g/mol. The van der Waals surface area contributed by atoms with Gasteiger partial charge in [-0.05, 0) is 17.7 Å². The van der Waals surface area contributed by atoms with Gasteiger partial charge in [-0.3, -0.25) is 4.79 Å². The lowest BCUT2D eigenvalue weighted by Gasteiger charge is -1.94. The van der Waals surface area contributed by atoms with E-state index in [0.717, 1.165) is 5.56 Å². The van der Waals surface area contributed by atoms with Crippen LogP contribution in [0, 0.1) is 0 Å². The summed E-state index contributed by atoms with van der Waals surface area (Å²) in [6, 6.07) is 7.22. The molecule has 0 fully saturated rings. The molecule has 1 aromatic rings. The first-order valence-corrected chi connectivity index (χ1v) is 5.69. The average molecular weight is 233 g/mol. The number of thioether (sulfide) groups is 1. The minimum absolute atomic E-state index is 0.101. The average Bonchev–Trinajstić information content (AvgIpc) is 2.25. The van der Waals surface area contributed by atoms with E-state index in [1.54, 1.807) is 12.1 Å². The van der Waals surface area contributed by atoms with Gasteiger partial charge < -0.3 is 0 Å². The van der Waals surface area contributed by atoms with Gasteiger partial charge in [-0.2, -0.15) is 4.99 Å². The third kappa shape index (κ3) is 4.73. The molecule has 1 rings (SSSR count). The van der Waals surface area contributed by atoms with Gasteiger partial charge in [0, 0.05) is 12.7 Å². The highest BCUT2D eigenvalue weighted by molar-refractivity contribution is 8.13. The van der Waals surface area contributed by atoms with E-state index in [2.05, 4.69) is 4.99 Å². The van der Waals surface area contributed by atoms with Crippen molar-refractivity contribution in [2.45, 2.75) is 6.92 Å². The first-order valence-electron chi connectivity index (χ1n) is 4.70. The summed E-state index contributed by atoms with van der Waals surface area (Å²) in [6.07, 6.45) is 5.28. The van der Waals surface area contributed by atoms with Gasteiger partial charge in [0.15, 0.2) is 5.12 Å². The van der Waals surface area contributed by atoms with Gasteiger partial charge in [-0.15, -0.1) is 0 Å². The van der Waals surface area contributed by atoms with Crippen molar-refractivity contribution >= 4 is 34.7 Å². The quantitative estimate of drug-likeness (QED) is 0.593. The van der Waals surface area contributed by atoms with Gasteiger partial charge in [-0.25, -0.2) is 4.79 Å². The molecule has 0 bridgehead atoms. The molecule has 82 valence electrons. The number of benzene rings is 1. The summed E-state index contributed by atoms with van der Waals surface area (Å²) < 4.78 is 0. The largest absolute Gasteiger partial charge is 0.288 e. The van der Waals surface area contributed by atoms with E-state index >= 15 is 0 Å². The Labute approximate surface area is 98.3 Å². The molecule has 0 saturated heterocycles. The van der Waals surface area contributed by atoms with Crippen LogP contribution in [-0.4, -0.2) is 16.9 Å². The fourth-order valence-electron chi connectivity index (χ4n) is 1.10. The van der Waals surface area contributed by atoms with E-state index in [0.29, 0.717) is 11.4 Å². The van der Waals surface area contributed by atoms with Gasteiger partial charge >= 0.3 is 0 Å². The van der Waals surface area contributed by atoms with Crippen LogP contribution in [-0.2, 0) is 9.59 Å². The minimum atomic E-state index is 0.101. The third-order valence-electron chi connectivity index (χ3n) is 1.74. The molecule has 0 aliphatic rings. The molecule has 0 N–H and O–H groups in total. The Morgan fingerprint density at radius 3 is 3.06 bits per heavy atom. The zero-order valence-corrected chi connectivity index (χ0v) is 9.66. The van der Waals surface area contributed by atoms with Crippen LogP contribution in [0.3, 0.4) is 0 Å². The maximum absolute atomic E-state index is 10.7. The Balaban J connectivity index is 2.62. The molecule has 0 heterocycles. The van der Waals surface area contributed by atoms with Gasteiger partial charge in [0.1, 0.15) is 0 Å². The van der Waals surface area contributed by atoms with Crippen molar-refractivity contribution in [2.75, 3.05) is 5.75 Å². The van der Waals surface area contributed by atoms with Crippen molar-refractivity contribution in [2.24, 2.45) is 4.99 Å². The Bertz CT molecular complexity index is 448. The van der Waals surface area contributed by atoms with Crippen molar-refractivity contribution < 1.29 is 9.59 Å². The lowest BCUT2D eigenvalue weighted by molar-refractivity contribution is -0.109. The molecule has 3 nitrogen and oxygen atoms in total. The van der Waals surface area contributed by atoms with Crippen LogP contribution in [0.15, 0.2) is 35.3 Å². The molecule has 16 heavy (non-hydrogen) atoms. The molecule has 0 aliphatic carbocycles. The second-order valence-electron chi connectivity index (χ2n) is 3.00. The second-order valence-corrected chi connectivity index (χ2v) is 4.20. The standard InChI is InChI=1S/C12H11NO2S/c1-10(15)16-7-3-5-11-4-2-6-12(8-11)13-9-14/h2-6,8H,7H2,1H3. The van der Waals surface area contributed by atoms with E-state index in [1.807, 2.05) is 24.3 Å². The van der Waals surface area contributed by atoms with Crippen molar-refractivity contribution in [3.8, 4) is 0 Å². The Morgan fingerprint density at radius 1 is 1.56 bits per heavy atom. The Morgan fingerprint density at radius 2 is 2.38 bits per heavy atom. The van der Waals surface area contributed by atoms with Gasteiger partial charge in [0.05, 0.1) is 5.69 Å². The predicted octanol–water partition coefficient (Wildman–Crippen LogP) is 2.95. The second kappa shape index (κ2) is 6.77. The molecule has 0 amide bonds. The number of rotatable bonds is 4. The molecule has 0 unspecified atom stereocenters. The first kappa shape index (κ1) is 12.4. The van der Waals surface area contributed by atoms with Crippen LogP contribution in [0.2, 0.25) is 0 Å². The van der Waals surface area contributed by atoms with Crippen LogP contribution in [0.25, 0.3) is 6.08 Å². The zero-order chi connectivity index (χ0) is 11.8. The normalized spacial score (nSPS) is 10.1. The van der Waals surface area contributed by atoms with E-state index in [-0.39, 0.29) is 5.12 Å². The predicted molar refractivity (Wildman–Crippen MR) is 66.4 cm³/mol. The van der Waals surface area contributed by atoms with Gasteiger partial charge in [0.25, 0.3) is 0 Å². The molecule has 0 aromatic heterocycles. The number of aliphatic imine (C=N–C) groups is 1. The zero-order valence-electron chi connectivity index (χ0n) is 8.84. The Kier molecular flexibility index (Phi) is 5.26. The van der Waals surface area contributed by atoms with Crippen molar-refractivity contribution in [1.29, 1.82) is 0 Å². The molecule has 0 saturated carbocycles. The van der Waals surface area contributed by atoms with E-state index in [4.69, 9.17) is 0 Å². The number of hydrogen-bond donors (Lipinski definition) is 0. The molecule has 0 atom stereocenters. The summed E-state index contributed by atoms with van der Waals surface area (Å²) >= 11 is 1.25. The number of isocyanates is 1. The highest BCUT2D eigenvalue weighted by atomic mass is 32.2. The summed E-state index contributed by atoms with van der Waals surface area (Å²) in [6.45, 7) is 1.54. The Hall–Kier alpha value is -1.64. The number of nitrogens with zero attached hydrogens (tertiary/aromatic N) is 1. The molecule has 4 heteroatoms. The fraction of sp³-hybridized carbons (Fsp3) is 0.167. The lowest BCUT2D eigenvalue weighted by atomic mass is 10.2. The molecular weight excluding hydrogens is 222 g/mol. The van der Waals surface area contributed by atoms with Crippen molar-refractivity contribution in [3.05, 3.63) is 35.9 Å². The molecule has 0 aliphatic heterocycles. The molecule has 1 aromatic carbocycles. The van der Waals surface area contributed by atoms with Gasteiger partial charge in [0.2, 0.25) is 6.08 Å². The highest BCUT2D eigenvalue weighted by Crippen LogP contribution is 2.14. The van der Waals surface area contributed by atoms with Crippen molar-refractivity contribution in [1.82, 2.24) is 0 Å². The van der Waals surface area contributed by atoms with Crippen molar-refractivity contribution in [3.63, 3.8) is 0 Å². The van der Waals surface area contributed by atoms with Crippen LogP contribution in [0.1, 0.15) is 12.5 Å². The lowest BCUT2D eigenvalue weighted by Crippen LogP contribution is -1.81. The number of carbonyl (C=O) groups excluding carboxylic acids is 2.